The third kappa shape index (κ3) is 4.27. The van der Waals surface area contributed by atoms with Gasteiger partial charge in [0.1, 0.15) is 0 Å². The largest absolute Gasteiger partial charge is 0.490 e. The van der Waals surface area contributed by atoms with E-state index in [1.807, 2.05) is 31.2 Å². The van der Waals surface area contributed by atoms with Gasteiger partial charge in [-0.2, -0.15) is 0 Å². The molecule has 2 nitrogen and oxygen atoms in total. The van der Waals surface area contributed by atoms with Crippen LogP contribution < -0.4 is 9.47 Å². The first-order valence-corrected chi connectivity index (χ1v) is 5.66. The van der Waals surface area contributed by atoms with Crippen molar-refractivity contribution in [1.82, 2.24) is 0 Å². The quantitative estimate of drug-likeness (QED) is 0.516. The number of terminal acetylenes is 1. The summed E-state index contributed by atoms with van der Waals surface area (Å²) in [6.07, 6.45) is 7.97. The van der Waals surface area contributed by atoms with E-state index in [9.17, 15) is 0 Å². The fourth-order valence-electron chi connectivity index (χ4n) is 1.36. The summed E-state index contributed by atoms with van der Waals surface area (Å²) in [4.78, 5) is 0. The highest BCUT2D eigenvalue weighted by Gasteiger charge is 2.02. The van der Waals surface area contributed by atoms with Crippen LogP contribution in [-0.2, 0) is 0 Å². The number of para-hydroxylation sites is 2. The Morgan fingerprint density at radius 2 is 1.81 bits per heavy atom. The third-order valence-corrected chi connectivity index (χ3v) is 2.12. The molecule has 0 unspecified atom stereocenters. The summed E-state index contributed by atoms with van der Waals surface area (Å²) in [6.45, 7) is 3.30. The van der Waals surface area contributed by atoms with Crippen LogP contribution in [0.5, 0.6) is 11.5 Å². The Morgan fingerprint density at radius 3 is 2.44 bits per heavy atom. The van der Waals surface area contributed by atoms with Crippen LogP contribution in [0.25, 0.3) is 0 Å². The van der Waals surface area contributed by atoms with E-state index >= 15 is 0 Å². The van der Waals surface area contributed by atoms with Crippen LogP contribution in [-0.4, -0.2) is 13.2 Å². The molecule has 0 spiro atoms. The number of hydrogen-bond donors (Lipinski definition) is 0. The van der Waals surface area contributed by atoms with Crippen LogP contribution in [0, 0.1) is 12.3 Å². The zero-order valence-electron chi connectivity index (χ0n) is 9.74. The molecule has 0 aliphatic carbocycles. The van der Waals surface area contributed by atoms with E-state index in [0.29, 0.717) is 13.2 Å². The summed E-state index contributed by atoms with van der Waals surface area (Å²) in [6, 6.07) is 7.72. The minimum absolute atomic E-state index is 0.650. The van der Waals surface area contributed by atoms with Gasteiger partial charge in [0.2, 0.25) is 0 Å². The molecule has 2 heteroatoms. The highest BCUT2D eigenvalue weighted by molar-refractivity contribution is 5.39. The summed E-state index contributed by atoms with van der Waals surface area (Å²) in [7, 11) is 0. The smallest absolute Gasteiger partial charge is 0.161 e. The van der Waals surface area contributed by atoms with Gasteiger partial charge >= 0.3 is 0 Å². The Balaban J connectivity index is 2.38. The zero-order chi connectivity index (χ0) is 11.6. The summed E-state index contributed by atoms with van der Waals surface area (Å²) >= 11 is 0. The van der Waals surface area contributed by atoms with E-state index in [1.54, 1.807) is 0 Å². The topological polar surface area (TPSA) is 18.5 Å². The van der Waals surface area contributed by atoms with Crippen molar-refractivity contribution in [2.45, 2.75) is 26.2 Å². The van der Waals surface area contributed by atoms with Crippen molar-refractivity contribution in [3.8, 4) is 23.8 Å². The first kappa shape index (κ1) is 12.4. The Morgan fingerprint density at radius 1 is 1.12 bits per heavy atom. The molecule has 0 radical (unpaired) electrons. The van der Waals surface area contributed by atoms with E-state index in [1.165, 1.54) is 0 Å². The predicted molar refractivity (Wildman–Crippen MR) is 65.8 cm³/mol. The molecule has 0 amide bonds. The van der Waals surface area contributed by atoms with Crippen LogP contribution in [0.1, 0.15) is 26.2 Å². The standard InChI is InChI=1S/C14H18O2/c1-3-5-6-9-12-16-14-11-8-7-10-13(14)15-4-2/h1,7-8,10-11H,4-6,9,12H2,2H3. The zero-order valence-corrected chi connectivity index (χ0v) is 9.74. The second-order valence-corrected chi connectivity index (χ2v) is 3.39. The number of ether oxygens (including phenoxy) is 2. The van der Waals surface area contributed by atoms with Gasteiger partial charge in [0.15, 0.2) is 11.5 Å². The molecular weight excluding hydrogens is 200 g/mol. The van der Waals surface area contributed by atoms with Gasteiger partial charge in [-0.1, -0.05) is 12.1 Å². The van der Waals surface area contributed by atoms with E-state index in [0.717, 1.165) is 30.8 Å². The molecule has 0 saturated heterocycles. The van der Waals surface area contributed by atoms with E-state index in [4.69, 9.17) is 15.9 Å². The second-order valence-electron chi connectivity index (χ2n) is 3.39. The van der Waals surface area contributed by atoms with Gasteiger partial charge in [-0.25, -0.2) is 0 Å². The summed E-state index contributed by atoms with van der Waals surface area (Å²) in [5.74, 6) is 4.24. The van der Waals surface area contributed by atoms with Crippen LogP contribution in [0.2, 0.25) is 0 Å². The van der Waals surface area contributed by atoms with Crippen LogP contribution in [0.15, 0.2) is 24.3 Å². The van der Waals surface area contributed by atoms with Crippen LogP contribution >= 0.6 is 0 Å². The molecule has 1 aromatic carbocycles. The first-order chi connectivity index (χ1) is 7.88. The van der Waals surface area contributed by atoms with Gasteiger partial charge in [-0.15, -0.1) is 12.3 Å². The molecule has 0 fully saturated rings. The molecule has 0 heterocycles. The van der Waals surface area contributed by atoms with E-state index < -0.39 is 0 Å². The number of hydrogen-bond acceptors (Lipinski definition) is 2. The lowest BCUT2D eigenvalue weighted by molar-refractivity contribution is 0.272. The Bertz CT molecular complexity index is 339. The minimum Gasteiger partial charge on any atom is -0.490 e. The summed E-state index contributed by atoms with van der Waals surface area (Å²) in [5.41, 5.74) is 0. The summed E-state index contributed by atoms with van der Waals surface area (Å²) < 4.78 is 11.1. The van der Waals surface area contributed by atoms with Gasteiger partial charge in [-0.3, -0.25) is 0 Å². The average molecular weight is 218 g/mol. The van der Waals surface area contributed by atoms with Gasteiger partial charge < -0.3 is 9.47 Å². The number of benzene rings is 1. The van der Waals surface area contributed by atoms with Gasteiger partial charge in [-0.05, 0) is 31.9 Å². The molecule has 0 aliphatic rings. The van der Waals surface area contributed by atoms with E-state index in [2.05, 4.69) is 5.92 Å². The van der Waals surface area contributed by atoms with Gasteiger partial charge in [0, 0.05) is 6.42 Å². The molecule has 0 N–H and O–H groups in total. The lowest BCUT2D eigenvalue weighted by atomic mass is 10.2. The average Bonchev–Trinajstić information content (AvgIpc) is 2.31. The molecule has 0 aromatic heterocycles. The van der Waals surface area contributed by atoms with Crippen LogP contribution in [0.4, 0.5) is 0 Å². The molecule has 0 bridgehead atoms. The molecule has 0 saturated carbocycles. The fourth-order valence-corrected chi connectivity index (χ4v) is 1.36. The lowest BCUT2D eigenvalue weighted by Crippen LogP contribution is -2.00. The van der Waals surface area contributed by atoms with Crippen molar-refractivity contribution in [1.29, 1.82) is 0 Å². The molecule has 1 aromatic rings. The highest BCUT2D eigenvalue weighted by atomic mass is 16.5. The molecular formula is C14H18O2. The first-order valence-electron chi connectivity index (χ1n) is 5.66. The van der Waals surface area contributed by atoms with Crippen molar-refractivity contribution in [2.75, 3.05) is 13.2 Å². The number of rotatable bonds is 7. The van der Waals surface area contributed by atoms with Crippen molar-refractivity contribution >= 4 is 0 Å². The second kappa shape index (κ2) is 7.64. The maximum absolute atomic E-state index is 5.64. The minimum atomic E-state index is 0.650. The molecule has 0 atom stereocenters. The number of unbranched alkanes of at least 4 members (excludes halogenated alkanes) is 2. The fraction of sp³-hybridized carbons (Fsp3) is 0.429. The van der Waals surface area contributed by atoms with Gasteiger partial charge in [0.25, 0.3) is 0 Å². The molecule has 1 rings (SSSR count). The SMILES string of the molecule is C#CCCCCOc1ccccc1OCC. The Kier molecular flexibility index (Phi) is 5.95. The lowest BCUT2D eigenvalue weighted by Gasteiger charge is -2.10. The van der Waals surface area contributed by atoms with Crippen molar-refractivity contribution in [2.24, 2.45) is 0 Å². The Hall–Kier alpha value is -1.62. The van der Waals surface area contributed by atoms with Crippen molar-refractivity contribution in [3.05, 3.63) is 24.3 Å². The van der Waals surface area contributed by atoms with E-state index in [-0.39, 0.29) is 0 Å². The third-order valence-electron chi connectivity index (χ3n) is 2.12. The predicted octanol–water partition coefficient (Wildman–Crippen LogP) is 3.27. The molecule has 0 aliphatic heterocycles. The maximum Gasteiger partial charge on any atom is 0.161 e. The Labute approximate surface area is 97.6 Å². The molecule has 86 valence electrons. The van der Waals surface area contributed by atoms with Crippen molar-refractivity contribution in [3.63, 3.8) is 0 Å². The molecule has 16 heavy (non-hydrogen) atoms. The highest BCUT2D eigenvalue weighted by Crippen LogP contribution is 2.26. The van der Waals surface area contributed by atoms with Crippen LogP contribution in [0.3, 0.4) is 0 Å². The van der Waals surface area contributed by atoms with Gasteiger partial charge in [0.05, 0.1) is 13.2 Å². The normalized spacial score (nSPS) is 9.50. The monoisotopic (exact) mass is 218 g/mol. The summed E-state index contributed by atoms with van der Waals surface area (Å²) in [5, 5.41) is 0. The maximum atomic E-state index is 5.64. The van der Waals surface area contributed by atoms with Crippen molar-refractivity contribution < 1.29 is 9.47 Å².